The van der Waals surface area contributed by atoms with E-state index in [0.29, 0.717) is 29.9 Å². The number of hydrogen-bond acceptors (Lipinski definition) is 3. The minimum atomic E-state index is 0.00998. The minimum Gasteiger partial charge on any atom is -0.377 e. The summed E-state index contributed by atoms with van der Waals surface area (Å²) in [5.74, 6) is 0.00998. The molecule has 86 valence electrons. The van der Waals surface area contributed by atoms with Gasteiger partial charge in [0.25, 0.3) is 5.91 Å². The highest BCUT2D eigenvalue weighted by molar-refractivity contribution is 9.10. The Morgan fingerprint density at radius 3 is 3.19 bits per heavy atom. The Morgan fingerprint density at radius 2 is 2.50 bits per heavy atom. The van der Waals surface area contributed by atoms with Gasteiger partial charge in [-0.1, -0.05) is 0 Å². The van der Waals surface area contributed by atoms with Crippen LogP contribution in [0.25, 0.3) is 0 Å². The van der Waals surface area contributed by atoms with E-state index in [2.05, 4.69) is 20.9 Å². The summed E-state index contributed by atoms with van der Waals surface area (Å²) >= 11 is 3.29. The molecule has 0 aliphatic carbocycles. The van der Waals surface area contributed by atoms with Crippen LogP contribution in [-0.2, 0) is 4.74 Å². The molecular formula is C11H13BrN2O2. The van der Waals surface area contributed by atoms with Gasteiger partial charge in [0, 0.05) is 12.7 Å². The van der Waals surface area contributed by atoms with E-state index in [9.17, 15) is 4.79 Å². The summed E-state index contributed by atoms with van der Waals surface area (Å²) in [6.45, 7) is 3.83. The zero-order valence-corrected chi connectivity index (χ0v) is 10.6. The second-order valence-corrected chi connectivity index (χ2v) is 4.52. The van der Waals surface area contributed by atoms with Gasteiger partial charge in [0.1, 0.15) is 4.60 Å². The van der Waals surface area contributed by atoms with E-state index >= 15 is 0 Å². The van der Waals surface area contributed by atoms with E-state index in [-0.39, 0.29) is 11.9 Å². The van der Waals surface area contributed by atoms with E-state index < -0.39 is 0 Å². The van der Waals surface area contributed by atoms with Crippen LogP contribution in [-0.4, -0.2) is 41.6 Å². The van der Waals surface area contributed by atoms with Crippen LogP contribution in [0.2, 0.25) is 0 Å². The van der Waals surface area contributed by atoms with Gasteiger partial charge in [-0.05, 0) is 35.0 Å². The highest BCUT2D eigenvalue weighted by Crippen LogP contribution is 2.17. The number of aromatic nitrogens is 1. The number of amides is 1. The molecule has 1 aromatic rings. The Hall–Kier alpha value is -0.940. The van der Waals surface area contributed by atoms with Crippen LogP contribution in [0.3, 0.4) is 0 Å². The smallest absolute Gasteiger partial charge is 0.257 e. The minimum absolute atomic E-state index is 0.00998. The lowest BCUT2D eigenvalue weighted by Gasteiger charge is -2.33. The maximum Gasteiger partial charge on any atom is 0.257 e. The van der Waals surface area contributed by atoms with Gasteiger partial charge in [-0.3, -0.25) is 4.79 Å². The van der Waals surface area contributed by atoms with Gasteiger partial charge < -0.3 is 9.64 Å². The third-order valence-electron chi connectivity index (χ3n) is 2.62. The molecule has 1 saturated heterocycles. The number of carbonyl (C=O) groups excluding carboxylic acids is 1. The van der Waals surface area contributed by atoms with Crippen molar-refractivity contribution >= 4 is 21.8 Å². The standard InChI is InChI=1S/C11H13BrN2O2/c1-8-7-16-6-5-14(8)11(15)9-3-2-4-13-10(9)12/h2-4,8H,5-7H2,1H3. The highest BCUT2D eigenvalue weighted by Gasteiger charge is 2.25. The largest absolute Gasteiger partial charge is 0.377 e. The second-order valence-electron chi connectivity index (χ2n) is 3.76. The highest BCUT2D eigenvalue weighted by atomic mass is 79.9. The molecule has 0 bridgehead atoms. The molecule has 0 aromatic carbocycles. The molecule has 1 aliphatic heterocycles. The molecule has 1 amide bonds. The number of rotatable bonds is 1. The van der Waals surface area contributed by atoms with Crippen LogP contribution in [0, 0.1) is 0 Å². The third-order valence-corrected chi connectivity index (χ3v) is 3.25. The van der Waals surface area contributed by atoms with Crippen molar-refractivity contribution in [2.45, 2.75) is 13.0 Å². The maximum atomic E-state index is 12.2. The van der Waals surface area contributed by atoms with Gasteiger partial charge in [0.15, 0.2) is 0 Å². The Balaban J connectivity index is 2.21. The van der Waals surface area contributed by atoms with Gasteiger partial charge in [0.2, 0.25) is 0 Å². The van der Waals surface area contributed by atoms with Crippen molar-refractivity contribution in [2.75, 3.05) is 19.8 Å². The number of morpholine rings is 1. The molecule has 1 fully saturated rings. The van der Waals surface area contributed by atoms with E-state index in [4.69, 9.17) is 4.74 Å². The molecule has 1 aromatic heterocycles. The first-order chi connectivity index (χ1) is 7.70. The average Bonchev–Trinajstić information content (AvgIpc) is 2.29. The first-order valence-corrected chi connectivity index (χ1v) is 5.98. The van der Waals surface area contributed by atoms with Gasteiger partial charge in [-0.15, -0.1) is 0 Å². The first-order valence-electron chi connectivity index (χ1n) is 5.19. The Kier molecular flexibility index (Phi) is 3.56. The lowest BCUT2D eigenvalue weighted by Crippen LogP contribution is -2.47. The number of hydrogen-bond donors (Lipinski definition) is 0. The number of ether oxygens (including phenoxy) is 1. The van der Waals surface area contributed by atoms with Crippen molar-refractivity contribution in [3.05, 3.63) is 28.5 Å². The van der Waals surface area contributed by atoms with Crippen LogP contribution < -0.4 is 0 Å². The SMILES string of the molecule is CC1COCCN1C(=O)c1cccnc1Br. The monoisotopic (exact) mass is 284 g/mol. The van der Waals surface area contributed by atoms with E-state index in [0.717, 1.165) is 0 Å². The summed E-state index contributed by atoms with van der Waals surface area (Å²) in [6.07, 6.45) is 1.66. The molecule has 2 rings (SSSR count). The zero-order valence-electron chi connectivity index (χ0n) is 9.02. The van der Waals surface area contributed by atoms with Crippen LogP contribution in [0.4, 0.5) is 0 Å². The average molecular weight is 285 g/mol. The molecule has 1 unspecified atom stereocenters. The number of halogens is 1. The van der Waals surface area contributed by atoms with Crippen molar-refractivity contribution in [1.29, 1.82) is 0 Å². The molecule has 0 radical (unpaired) electrons. The van der Waals surface area contributed by atoms with Crippen molar-refractivity contribution < 1.29 is 9.53 Å². The molecule has 0 spiro atoms. The van der Waals surface area contributed by atoms with E-state index in [1.54, 1.807) is 18.3 Å². The predicted octanol–water partition coefficient (Wildman–Crippen LogP) is 1.70. The van der Waals surface area contributed by atoms with Crippen LogP contribution in [0.1, 0.15) is 17.3 Å². The van der Waals surface area contributed by atoms with Crippen molar-refractivity contribution in [3.63, 3.8) is 0 Å². The van der Waals surface area contributed by atoms with E-state index in [1.807, 2.05) is 11.8 Å². The first kappa shape index (κ1) is 11.5. The number of carbonyl (C=O) groups is 1. The Bertz CT molecular complexity index is 397. The molecule has 0 N–H and O–H groups in total. The summed E-state index contributed by atoms with van der Waals surface area (Å²) in [6, 6.07) is 3.67. The van der Waals surface area contributed by atoms with Crippen LogP contribution in [0.5, 0.6) is 0 Å². The number of nitrogens with zero attached hydrogens (tertiary/aromatic N) is 2. The topological polar surface area (TPSA) is 42.4 Å². The summed E-state index contributed by atoms with van der Waals surface area (Å²) in [7, 11) is 0. The molecule has 4 nitrogen and oxygen atoms in total. The van der Waals surface area contributed by atoms with Crippen LogP contribution >= 0.6 is 15.9 Å². The fourth-order valence-electron chi connectivity index (χ4n) is 1.73. The zero-order chi connectivity index (χ0) is 11.5. The van der Waals surface area contributed by atoms with Gasteiger partial charge in [-0.2, -0.15) is 0 Å². The number of pyridine rings is 1. The maximum absolute atomic E-state index is 12.2. The molecule has 1 atom stereocenters. The van der Waals surface area contributed by atoms with Gasteiger partial charge >= 0.3 is 0 Å². The Labute approximate surface area is 103 Å². The molecule has 1 aliphatic rings. The van der Waals surface area contributed by atoms with Crippen molar-refractivity contribution in [2.24, 2.45) is 0 Å². The predicted molar refractivity (Wildman–Crippen MR) is 63.3 cm³/mol. The second kappa shape index (κ2) is 4.93. The lowest BCUT2D eigenvalue weighted by molar-refractivity contribution is 0.00351. The Morgan fingerprint density at radius 1 is 1.69 bits per heavy atom. The quantitative estimate of drug-likeness (QED) is 0.738. The molecule has 5 heteroatoms. The summed E-state index contributed by atoms with van der Waals surface area (Å²) in [5, 5.41) is 0. The summed E-state index contributed by atoms with van der Waals surface area (Å²) in [4.78, 5) is 18.1. The fraction of sp³-hybridized carbons (Fsp3) is 0.455. The molecule has 0 saturated carbocycles. The van der Waals surface area contributed by atoms with Crippen LogP contribution in [0.15, 0.2) is 22.9 Å². The third kappa shape index (κ3) is 2.25. The van der Waals surface area contributed by atoms with Crippen molar-refractivity contribution in [3.8, 4) is 0 Å². The molecule has 2 heterocycles. The normalized spacial score (nSPS) is 20.9. The van der Waals surface area contributed by atoms with E-state index in [1.165, 1.54) is 0 Å². The molecular weight excluding hydrogens is 272 g/mol. The van der Waals surface area contributed by atoms with Gasteiger partial charge in [0.05, 0.1) is 24.8 Å². The summed E-state index contributed by atoms with van der Waals surface area (Å²) < 4.78 is 5.90. The van der Waals surface area contributed by atoms with Gasteiger partial charge in [-0.25, -0.2) is 4.98 Å². The fourth-order valence-corrected chi connectivity index (χ4v) is 2.15. The lowest BCUT2D eigenvalue weighted by atomic mass is 10.2. The van der Waals surface area contributed by atoms with Crippen molar-refractivity contribution in [1.82, 2.24) is 9.88 Å². The summed E-state index contributed by atoms with van der Waals surface area (Å²) in [5.41, 5.74) is 0.608. The molecule has 16 heavy (non-hydrogen) atoms.